The number of nitrogens with zero attached hydrogens (tertiary/aromatic N) is 4. The summed E-state index contributed by atoms with van der Waals surface area (Å²) in [5, 5.41) is 5.08. The number of fused-ring (bicyclic) bond motifs is 1. The maximum absolute atomic E-state index is 13.6. The topological polar surface area (TPSA) is 96.7 Å². The molecule has 8 nitrogen and oxygen atoms in total. The van der Waals surface area contributed by atoms with E-state index < -0.39 is 10.0 Å². The van der Waals surface area contributed by atoms with Crippen molar-refractivity contribution in [3.63, 3.8) is 0 Å². The molecule has 0 spiro atoms. The number of piperidine rings is 1. The predicted molar refractivity (Wildman–Crippen MR) is 120 cm³/mol. The van der Waals surface area contributed by atoms with Crippen molar-refractivity contribution in [2.24, 2.45) is 0 Å². The van der Waals surface area contributed by atoms with Crippen LogP contribution in [0.3, 0.4) is 0 Å². The Kier molecular flexibility index (Phi) is 5.65. The molecule has 1 saturated heterocycles. The number of carbonyl (C=O) groups excluding carboxylic acids is 1. The van der Waals surface area contributed by atoms with E-state index in [2.05, 4.69) is 14.8 Å². The Labute approximate surface area is 186 Å². The molecular weight excluding hydrogens is 438 g/mol. The van der Waals surface area contributed by atoms with Crippen LogP contribution in [-0.2, 0) is 10.0 Å². The Morgan fingerprint density at radius 2 is 2.00 bits per heavy atom. The second-order valence-electron chi connectivity index (χ2n) is 8.02. The van der Waals surface area contributed by atoms with Crippen molar-refractivity contribution < 1.29 is 13.2 Å². The molecule has 1 atom stereocenters. The predicted octanol–water partition coefficient (Wildman–Crippen LogP) is 3.74. The summed E-state index contributed by atoms with van der Waals surface area (Å²) in [7, 11) is -3.53. The van der Waals surface area contributed by atoms with Gasteiger partial charge in [-0.3, -0.25) is 9.52 Å². The van der Waals surface area contributed by atoms with E-state index in [1.54, 1.807) is 27.6 Å². The second-order valence-corrected chi connectivity index (χ2v) is 10.1. The summed E-state index contributed by atoms with van der Waals surface area (Å²) in [5.41, 5.74) is 3.67. The molecule has 2 aromatic heterocycles. The molecule has 3 heterocycles. The summed E-state index contributed by atoms with van der Waals surface area (Å²) in [6.45, 7) is 4.30. The number of halogens is 1. The van der Waals surface area contributed by atoms with Gasteiger partial charge in [0.05, 0.1) is 29.2 Å². The fourth-order valence-corrected chi connectivity index (χ4v) is 4.64. The largest absolute Gasteiger partial charge is 0.330 e. The highest BCUT2D eigenvalue weighted by Crippen LogP contribution is 2.33. The first-order valence-electron chi connectivity index (χ1n) is 10.0. The van der Waals surface area contributed by atoms with Crippen LogP contribution >= 0.6 is 11.6 Å². The molecular formula is C21H24ClN5O3S. The number of hydrogen-bond acceptors (Lipinski definition) is 5. The van der Waals surface area contributed by atoms with Crippen molar-refractivity contribution in [3.8, 4) is 0 Å². The van der Waals surface area contributed by atoms with Crippen LogP contribution in [0, 0.1) is 13.8 Å². The first kappa shape index (κ1) is 21.6. The van der Waals surface area contributed by atoms with E-state index in [9.17, 15) is 13.2 Å². The van der Waals surface area contributed by atoms with Crippen LogP contribution < -0.4 is 4.72 Å². The lowest BCUT2D eigenvalue weighted by Gasteiger charge is -2.35. The Hall–Kier alpha value is -2.65. The van der Waals surface area contributed by atoms with Crippen molar-refractivity contribution in [2.75, 3.05) is 17.5 Å². The molecule has 1 aliphatic rings. The van der Waals surface area contributed by atoms with Crippen LogP contribution in [-0.4, -0.2) is 46.6 Å². The molecule has 31 heavy (non-hydrogen) atoms. The number of rotatable bonds is 4. The van der Waals surface area contributed by atoms with E-state index in [1.165, 1.54) is 0 Å². The smallest absolute Gasteiger partial charge is 0.256 e. The van der Waals surface area contributed by atoms with Crippen molar-refractivity contribution >= 4 is 38.9 Å². The van der Waals surface area contributed by atoms with Crippen molar-refractivity contribution in [3.05, 3.63) is 58.0 Å². The van der Waals surface area contributed by atoms with Gasteiger partial charge in [0, 0.05) is 24.4 Å². The summed E-state index contributed by atoms with van der Waals surface area (Å²) >= 11 is 6.15. The molecule has 10 heteroatoms. The Balaban J connectivity index is 1.73. The fraction of sp³-hybridized carbons (Fsp3) is 0.381. The minimum absolute atomic E-state index is 0.223. The van der Waals surface area contributed by atoms with Gasteiger partial charge in [0.2, 0.25) is 10.0 Å². The van der Waals surface area contributed by atoms with Crippen LogP contribution in [0.5, 0.6) is 0 Å². The van der Waals surface area contributed by atoms with E-state index in [0.717, 1.165) is 42.3 Å². The van der Waals surface area contributed by atoms with Gasteiger partial charge in [-0.1, -0.05) is 23.2 Å². The van der Waals surface area contributed by atoms with Crippen LogP contribution in [0.15, 0.2) is 30.5 Å². The van der Waals surface area contributed by atoms with E-state index >= 15 is 0 Å². The zero-order valence-electron chi connectivity index (χ0n) is 17.6. The molecule has 0 saturated carbocycles. The van der Waals surface area contributed by atoms with E-state index in [0.29, 0.717) is 22.9 Å². The molecule has 0 bridgehead atoms. The van der Waals surface area contributed by atoms with E-state index in [4.69, 9.17) is 11.6 Å². The van der Waals surface area contributed by atoms with Crippen LogP contribution in [0.2, 0.25) is 5.15 Å². The van der Waals surface area contributed by atoms with Gasteiger partial charge in [0.25, 0.3) is 5.91 Å². The Bertz CT molecular complexity index is 1230. The monoisotopic (exact) mass is 461 g/mol. The van der Waals surface area contributed by atoms with Crippen molar-refractivity contribution in [1.29, 1.82) is 0 Å². The third-order valence-electron chi connectivity index (χ3n) is 5.39. The summed E-state index contributed by atoms with van der Waals surface area (Å²) in [4.78, 5) is 19.7. The number of likely N-dealkylation sites (tertiary alicyclic amines) is 1. The standard InChI is InChI=1S/C21H24ClN5O3S/c1-13-7-8-16(25-31(3,29)30)15(10-13)21(28)26-9-5-4-6-18(26)17-11-19-23-20(22)14(2)12-27(19)24-17/h7-8,10-12,18,25H,4-6,9H2,1-3H3. The Morgan fingerprint density at radius 3 is 2.74 bits per heavy atom. The number of amides is 1. The summed E-state index contributed by atoms with van der Waals surface area (Å²) < 4.78 is 27.8. The highest BCUT2D eigenvalue weighted by atomic mass is 35.5. The lowest BCUT2D eigenvalue weighted by molar-refractivity contribution is 0.0606. The number of anilines is 1. The molecule has 1 N–H and O–H groups in total. The number of aromatic nitrogens is 3. The van der Waals surface area contributed by atoms with Gasteiger partial charge in [-0.25, -0.2) is 17.9 Å². The van der Waals surface area contributed by atoms with Gasteiger partial charge < -0.3 is 4.90 Å². The first-order chi connectivity index (χ1) is 14.6. The molecule has 1 unspecified atom stereocenters. The van der Waals surface area contributed by atoms with Crippen molar-refractivity contribution in [2.45, 2.75) is 39.2 Å². The third-order valence-corrected chi connectivity index (χ3v) is 6.37. The molecule has 1 aromatic carbocycles. The van der Waals surface area contributed by atoms with Gasteiger partial charge in [-0.15, -0.1) is 0 Å². The van der Waals surface area contributed by atoms with Gasteiger partial charge in [-0.2, -0.15) is 5.10 Å². The van der Waals surface area contributed by atoms with Gasteiger partial charge in [-0.05, 0) is 45.2 Å². The van der Waals surface area contributed by atoms with Crippen LogP contribution in [0.1, 0.15) is 52.5 Å². The molecule has 0 radical (unpaired) electrons. The number of nitrogens with one attached hydrogen (secondary N) is 1. The van der Waals surface area contributed by atoms with E-state index in [-0.39, 0.29) is 17.6 Å². The second kappa shape index (κ2) is 8.12. The maximum atomic E-state index is 13.6. The SMILES string of the molecule is Cc1ccc(NS(C)(=O)=O)c(C(=O)N2CCCCC2c2cc3nc(Cl)c(C)cn3n2)c1. The molecule has 4 rings (SSSR count). The lowest BCUT2D eigenvalue weighted by atomic mass is 9.97. The molecule has 1 amide bonds. The quantitative estimate of drug-likeness (QED) is 0.597. The zero-order chi connectivity index (χ0) is 22.3. The number of carbonyl (C=O) groups is 1. The average molecular weight is 462 g/mol. The van der Waals surface area contributed by atoms with E-state index in [1.807, 2.05) is 26.1 Å². The first-order valence-corrected chi connectivity index (χ1v) is 12.3. The van der Waals surface area contributed by atoms with Crippen LogP contribution in [0.25, 0.3) is 5.65 Å². The minimum atomic E-state index is -3.53. The van der Waals surface area contributed by atoms with Gasteiger partial charge in [0.15, 0.2) is 5.65 Å². The number of sulfonamides is 1. The zero-order valence-corrected chi connectivity index (χ0v) is 19.2. The molecule has 3 aromatic rings. The summed E-state index contributed by atoms with van der Waals surface area (Å²) in [6.07, 6.45) is 5.50. The fourth-order valence-electron chi connectivity index (χ4n) is 3.93. The normalized spacial score (nSPS) is 17.2. The molecule has 0 aliphatic carbocycles. The highest BCUT2D eigenvalue weighted by Gasteiger charge is 2.32. The highest BCUT2D eigenvalue weighted by molar-refractivity contribution is 7.92. The lowest BCUT2D eigenvalue weighted by Crippen LogP contribution is -2.39. The van der Waals surface area contributed by atoms with Gasteiger partial charge >= 0.3 is 0 Å². The number of aryl methyl sites for hydroxylation is 2. The third kappa shape index (κ3) is 4.52. The average Bonchev–Trinajstić information content (AvgIpc) is 3.10. The molecule has 1 aliphatic heterocycles. The van der Waals surface area contributed by atoms with Crippen LogP contribution in [0.4, 0.5) is 5.69 Å². The van der Waals surface area contributed by atoms with Crippen molar-refractivity contribution in [1.82, 2.24) is 19.5 Å². The minimum Gasteiger partial charge on any atom is -0.330 e. The summed E-state index contributed by atoms with van der Waals surface area (Å²) in [5.74, 6) is -0.223. The Morgan fingerprint density at radius 1 is 1.23 bits per heavy atom. The maximum Gasteiger partial charge on any atom is 0.256 e. The van der Waals surface area contributed by atoms with Gasteiger partial charge in [0.1, 0.15) is 5.15 Å². The molecule has 1 fully saturated rings. The number of benzene rings is 1. The molecule has 164 valence electrons. The summed E-state index contributed by atoms with van der Waals surface area (Å²) in [6, 6.07) is 6.75. The number of hydrogen-bond donors (Lipinski definition) is 1.